The highest BCUT2D eigenvalue weighted by Gasteiger charge is 2.52. The van der Waals surface area contributed by atoms with Crippen LogP contribution in [0.4, 0.5) is 4.39 Å². The lowest BCUT2D eigenvalue weighted by Gasteiger charge is -2.41. The molecule has 1 unspecified atom stereocenters. The van der Waals surface area contributed by atoms with Crippen LogP contribution in [-0.2, 0) is 0 Å². The number of hydrogen-bond acceptors (Lipinski definition) is 4. The fraction of sp³-hybridized carbons (Fsp3) is 0.455. The lowest BCUT2D eigenvalue weighted by molar-refractivity contribution is 0.0682. The van der Waals surface area contributed by atoms with Gasteiger partial charge in [-0.25, -0.2) is 9.37 Å². The highest BCUT2D eigenvalue weighted by molar-refractivity contribution is 5.92. The van der Waals surface area contributed by atoms with Gasteiger partial charge >= 0.3 is 0 Å². The van der Waals surface area contributed by atoms with Crippen molar-refractivity contribution in [1.29, 1.82) is 0 Å². The zero-order valence-electron chi connectivity index (χ0n) is 16.0. The van der Waals surface area contributed by atoms with E-state index in [4.69, 9.17) is 0 Å². The Bertz CT molecular complexity index is 890. The number of rotatable bonds is 5. The molecule has 2 bridgehead atoms. The van der Waals surface area contributed by atoms with Crippen molar-refractivity contribution in [1.82, 2.24) is 15.6 Å². The molecular formula is C22H26FN3O2. The highest BCUT2D eigenvalue weighted by Crippen LogP contribution is 2.48. The number of nitrogens with one attached hydrogen (secondary N) is 2. The predicted octanol–water partition coefficient (Wildman–Crippen LogP) is 3.39. The Balaban J connectivity index is 1.47. The van der Waals surface area contributed by atoms with Crippen LogP contribution in [0.1, 0.15) is 66.5 Å². The minimum atomic E-state index is -0.932. The van der Waals surface area contributed by atoms with Crippen molar-refractivity contribution in [3.05, 3.63) is 65.2 Å². The summed E-state index contributed by atoms with van der Waals surface area (Å²) < 4.78 is 13.5. The first kappa shape index (κ1) is 19.0. The molecule has 3 N–H and O–H groups in total. The molecule has 1 aromatic heterocycles. The zero-order chi connectivity index (χ0) is 19.8. The summed E-state index contributed by atoms with van der Waals surface area (Å²) in [4.78, 5) is 17.1. The first-order valence-corrected chi connectivity index (χ1v) is 9.86. The Labute approximate surface area is 164 Å². The topological polar surface area (TPSA) is 74.2 Å². The number of amides is 1. The van der Waals surface area contributed by atoms with Crippen molar-refractivity contribution in [2.24, 2.45) is 0 Å². The second-order valence-electron chi connectivity index (χ2n) is 8.31. The van der Waals surface area contributed by atoms with Gasteiger partial charge in [-0.1, -0.05) is 18.2 Å². The second kappa shape index (κ2) is 7.26. The van der Waals surface area contributed by atoms with E-state index in [2.05, 4.69) is 15.6 Å². The summed E-state index contributed by atoms with van der Waals surface area (Å²) in [5, 5.41) is 17.2. The van der Waals surface area contributed by atoms with Crippen LogP contribution in [0.2, 0.25) is 0 Å². The van der Waals surface area contributed by atoms with Crippen LogP contribution in [0.15, 0.2) is 42.5 Å². The maximum atomic E-state index is 13.5. The molecular weight excluding hydrogens is 357 g/mol. The molecule has 0 saturated heterocycles. The Kier molecular flexibility index (Phi) is 4.93. The summed E-state index contributed by atoms with van der Waals surface area (Å²) in [7, 11) is 0. The summed E-state index contributed by atoms with van der Waals surface area (Å²) in [6, 6.07) is 11.5. The number of fused-ring (bicyclic) bond motifs is 2. The van der Waals surface area contributed by atoms with Crippen LogP contribution in [0, 0.1) is 12.7 Å². The molecule has 148 valence electrons. The van der Waals surface area contributed by atoms with Crippen LogP contribution in [-0.4, -0.2) is 27.1 Å². The highest BCUT2D eigenvalue weighted by atomic mass is 19.1. The maximum Gasteiger partial charge on any atom is 0.270 e. The van der Waals surface area contributed by atoms with Crippen LogP contribution in [0.5, 0.6) is 0 Å². The molecule has 0 radical (unpaired) electrons. The van der Waals surface area contributed by atoms with E-state index in [0.29, 0.717) is 11.3 Å². The quantitative estimate of drug-likeness (QED) is 0.692. The summed E-state index contributed by atoms with van der Waals surface area (Å²) >= 11 is 0. The van der Waals surface area contributed by atoms with Gasteiger partial charge in [-0.3, -0.25) is 10.1 Å². The predicted molar refractivity (Wildman–Crippen MR) is 104 cm³/mol. The number of carbonyl (C=O) groups is 1. The number of halogens is 1. The minimum Gasteiger partial charge on any atom is -0.374 e. The van der Waals surface area contributed by atoms with E-state index in [1.54, 1.807) is 18.2 Å². The summed E-state index contributed by atoms with van der Waals surface area (Å²) in [6.07, 6.45) is 4.35. The van der Waals surface area contributed by atoms with Gasteiger partial charge in [-0.15, -0.1) is 0 Å². The van der Waals surface area contributed by atoms with Gasteiger partial charge in [0.2, 0.25) is 0 Å². The normalized spacial score (nSPS) is 27.4. The van der Waals surface area contributed by atoms with E-state index >= 15 is 0 Å². The molecule has 3 atom stereocenters. The monoisotopic (exact) mass is 383 g/mol. The molecule has 2 aromatic rings. The molecule has 2 aliphatic carbocycles. The Morgan fingerprint density at radius 2 is 1.89 bits per heavy atom. The molecule has 2 saturated carbocycles. The van der Waals surface area contributed by atoms with Crippen molar-refractivity contribution in [3.63, 3.8) is 0 Å². The van der Waals surface area contributed by atoms with E-state index < -0.39 is 6.23 Å². The summed E-state index contributed by atoms with van der Waals surface area (Å²) in [6.45, 7) is 1.87. The fourth-order valence-corrected chi connectivity index (χ4v) is 4.88. The number of benzene rings is 1. The van der Waals surface area contributed by atoms with Gasteiger partial charge in [0.25, 0.3) is 5.91 Å². The molecule has 2 fully saturated rings. The lowest BCUT2D eigenvalue weighted by Crippen LogP contribution is -2.54. The van der Waals surface area contributed by atoms with Gasteiger partial charge in [-0.05, 0) is 75.3 Å². The molecule has 5 nitrogen and oxygen atoms in total. The van der Waals surface area contributed by atoms with Gasteiger partial charge in [0.15, 0.2) is 0 Å². The van der Waals surface area contributed by atoms with E-state index in [1.165, 1.54) is 12.1 Å². The number of aliphatic hydroxyl groups is 1. The number of aromatic nitrogens is 1. The number of hydrogen-bond donors (Lipinski definition) is 3. The molecule has 4 rings (SSSR count). The second-order valence-corrected chi connectivity index (χ2v) is 8.31. The first-order valence-electron chi connectivity index (χ1n) is 9.86. The van der Waals surface area contributed by atoms with Crippen LogP contribution >= 0.6 is 0 Å². The lowest BCUT2D eigenvalue weighted by atomic mass is 9.78. The third kappa shape index (κ3) is 3.80. The van der Waals surface area contributed by atoms with E-state index in [0.717, 1.165) is 44.2 Å². The van der Waals surface area contributed by atoms with Crippen molar-refractivity contribution in [2.75, 3.05) is 0 Å². The molecule has 1 aromatic carbocycles. The van der Waals surface area contributed by atoms with Gasteiger partial charge in [0.1, 0.15) is 17.7 Å². The van der Waals surface area contributed by atoms with Crippen molar-refractivity contribution in [3.8, 4) is 0 Å². The van der Waals surface area contributed by atoms with Gasteiger partial charge in [0.05, 0.1) is 0 Å². The first-order chi connectivity index (χ1) is 13.4. The van der Waals surface area contributed by atoms with Crippen molar-refractivity contribution >= 4 is 5.91 Å². The number of pyridine rings is 1. The largest absolute Gasteiger partial charge is 0.374 e. The maximum absolute atomic E-state index is 13.5. The summed E-state index contributed by atoms with van der Waals surface area (Å²) in [5.41, 5.74) is 1.23. The molecule has 28 heavy (non-hydrogen) atoms. The average Bonchev–Trinajstić information content (AvgIpc) is 2.91. The third-order valence-electron chi connectivity index (χ3n) is 6.18. The fourth-order valence-electron chi connectivity index (χ4n) is 4.88. The van der Waals surface area contributed by atoms with Crippen molar-refractivity contribution < 1.29 is 14.3 Å². The van der Waals surface area contributed by atoms with Gasteiger partial charge < -0.3 is 10.4 Å². The minimum absolute atomic E-state index is 0.146. The SMILES string of the molecule is Cc1cccc(C(=O)N[C@]23CCC[C@](NC(O)c4cccc(F)c4)(CC2)C3)n1. The van der Waals surface area contributed by atoms with Gasteiger partial charge in [0, 0.05) is 16.8 Å². The molecule has 1 amide bonds. The molecule has 0 spiro atoms. The Hall–Kier alpha value is -2.31. The zero-order valence-corrected chi connectivity index (χ0v) is 16.0. The number of aliphatic hydroxyl groups excluding tert-OH is 1. The van der Waals surface area contributed by atoms with Crippen LogP contribution in [0.3, 0.4) is 0 Å². The Morgan fingerprint density at radius 1 is 1.14 bits per heavy atom. The standard InChI is InChI=1S/C22H26FN3O2/c1-15-5-2-8-18(24-15)20(28)26-22-10-4-9-21(14-22,11-12-22)25-19(27)16-6-3-7-17(23)13-16/h2-3,5-8,13,19,25,27H,4,9-12,14H2,1H3,(H,26,28)/t19?,21-,22+/m0/s1. The van der Waals surface area contributed by atoms with E-state index in [-0.39, 0.29) is 22.8 Å². The molecule has 0 aliphatic heterocycles. The van der Waals surface area contributed by atoms with E-state index in [9.17, 15) is 14.3 Å². The molecule has 2 aliphatic rings. The molecule has 1 heterocycles. The van der Waals surface area contributed by atoms with Crippen molar-refractivity contribution in [2.45, 2.75) is 62.8 Å². The Morgan fingerprint density at radius 3 is 2.68 bits per heavy atom. The van der Waals surface area contributed by atoms with E-state index in [1.807, 2.05) is 19.1 Å². The third-order valence-corrected chi connectivity index (χ3v) is 6.18. The number of carbonyl (C=O) groups excluding carboxylic acids is 1. The number of nitrogens with zero attached hydrogens (tertiary/aromatic N) is 1. The van der Waals surface area contributed by atoms with Crippen LogP contribution in [0.25, 0.3) is 0 Å². The average molecular weight is 383 g/mol. The van der Waals surface area contributed by atoms with Gasteiger partial charge in [-0.2, -0.15) is 0 Å². The summed E-state index contributed by atoms with van der Waals surface area (Å²) in [5.74, 6) is -0.509. The molecule has 6 heteroatoms. The number of aryl methyl sites for hydroxylation is 1. The smallest absolute Gasteiger partial charge is 0.270 e. The van der Waals surface area contributed by atoms with Crippen LogP contribution < -0.4 is 10.6 Å².